The lowest BCUT2D eigenvalue weighted by Gasteiger charge is -2.21. The lowest BCUT2D eigenvalue weighted by Crippen LogP contribution is -2.46. The van der Waals surface area contributed by atoms with Gasteiger partial charge in [0.25, 0.3) is 0 Å². The molecule has 0 spiro atoms. The molecule has 26 heavy (non-hydrogen) atoms. The molecule has 0 bridgehead atoms. The molecule has 0 aliphatic heterocycles. The molecule has 0 fully saturated rings. The highest BCUT2D eigenvalue weighted by Crippen LogP contribution is 2.23. The van der Waals surface area contributed by atoms with Gasteiger partial charge < -0.3 is 19.8 Å². The first-order valence-corrected chi connectivity index (χ1v) is 9.59. The van der Waals surface area contributed by atoms with E-state index in [-0.39, 0.29) is 17.6 Å². The number of imidazole rings is 1. The number of H-pyrrole nitrogens is 1. The number of fused-ring (bicyclic) bond motifs is 1. The molecular formula is C18H25N3O4S. The second kappa shape index (κ2) is 9.47. The van der Waals surface area contributed by atoms with Gasteiger partial charge in [-0.15, -0.1) is 0 Å². The van der Waals surface area contributed by atoms with E-state index in [0.717, 1.165) is 23.2 Å². The minimum Gasteiger partial charge on any atom is -0.494 e. The van der Waals surface area contributed by atoms with Crippen LogP contribution in [0.5, 0.6) is 5.75 Å². The van der Waals surface area contributed by atoms with Crippen LogP contribution in [0.1, 0.15) is 27.2 Å². The number of hydrogen-bond donors (Lipinski definition) is 2. The van der Waals surface area contributed by atoms with Crippen LogP contribution in [0.4, 0.5) is 0 Å². The Kier molecular flexibility index (Phi) is 7.32. The number of aromatic nitrogens is 2. The number of nitrogens with zero attached hydrogens (tertiary/aromatic N) is 1. The van der Waals surface area contributed by atoms with Crippen LogP contribution in [-0.2, 0) is 14.3 Å². The lowest BCUT2D eigenvalue weighted by molar-refractivity contribution is -0.146. The normalized spacial score (nSPS) is 13.2. The number of carbonyl (C=O) groups excluding carboxylic acids is 2. The Bertz CT molecular complexity index is 762. The number of carbonyl (C=O) groups is 2. The summed E-state index contributed by atoms with van der Waals surface area (Å²) < 4.78 is 10.2. The predicted molar refractivity (Wildman–Crippen MR) is 101 cm³/mol. The molecule has 0 aliphatic rings. The summed E-state index contributed by atoms with van der Waals surface area (Å²) in [5, 5.41) is 3.39. The third-order valence-corrected chi connectivity index (χ3v) is 4.94. The molecule has 142 valence electrons. The highest BCUT2D eigenvalue weighted by molar-refractivity contribution is 7.99. The van der Waals surface area contributed by atoms with Gasteiger partial charge in [-0.25, -0.2) is 9.78 Å². The Morgan fingerprint density at radius 2 is 2.12 bits per heavy atom. The summed E-state index contributed by atoms with van der Waals surface area (Å²) in [6.45, 7) is 6.40. The summed E-state index contributed by atoms with van der Waals surface area (Å²) in [5.74, 6) is 0.264. The van der Waals surface area contributed by atoms with Crippen molar-refractivity contribution < 1.29 is 19.1 Å². The van der Waals surface area contributed by atoms with Crippen LogP contribution in [0, 0.1) is 5.92 Å². The molecule has 1 aromatic carbocycles. The third kappa shape index (κ3) is 5.14. The quantitative estimate of drug-likeness (QED) is 0.514. The van der Waals surface area contributed by atoms with E-state index in [0.29, 0.717) is 11.8 Å². The topological polar surface area (TPSA) is 93.3 Å². The monoisotopic (exact) mass is 379 g/mol. The minimum atomic E-state index is -0.637. The summed E-state index contributed by atoms with van der Waals surface area (Å²) >= 11 is 1.28. The van der Waals surface area contributed by atoms with Gasteiger partial charge in [0.2, 0.25) is 5.91 Å². The molecule has 1 amide bonds. The number of esters is 1. The Hall–Kier alpha value is -2.22. The van der Waals surface area contributed by atoms with Crippen LogP contribution in [-0.4, -0.2) is 47.4 Å². The molecule has 2 rings (SSSR count). The number of ether oxygens (including phenoxy) is 2. The van der Waals surface area contributed by atoms with E-state index >= 15 is 0 Å². The zero-order valence-corrected chi connectivity index (χ0v) is 16.3. The number of hydrogen-bond acceptors (Lipinski definition) is 6. The van der Waals surface area contributed by atoms with Gasteiger partial charge in [-0.1, -0.05) is 32.0 Å². The van der Waals surface area contributed by atoms with E-state index in [4.69, 9.17) is 9.47 Å². The van der Waals surface area contributed by atoms with Gasteiger partial charge in [0.05, 0.1) is 30.5 Å². The molecule has 8 heteroatoms. The summed E-state index contributed by atoms with van der Waals surface area (Å²) in [5.41, 5.74) is 1.66. The fourth-order valence-corrected chi connectivity index (χ4v) is 3.13. The molecule has 0 radical (unpaired) electrons. The van der Waals surface area contributed by atoms with Crippen LogP contribution in [0.2, 0.25) is 0 Å². The average molecular weight is 379 g/mol. The predicted octanol–water partition coefficient (Wildman–Crippen LogP) is 2.76. The first kappa shape index (κ1) is 20.1. The van der Waals surface area contributed by atoms with E-state index in [2.05, 4.69) is 15.3 Å². The van der Waals surface area contributed by atoms with Gasteiger partial charge in [0.1, 0.15) is 11.8 Å². The SMILES string of the molecule is CCOc1ccc2nc(SCC(=O)NC(C(=O)OC)C(C)CC)[nH]c2c1. The summed E-state index contributed by atoms with van der Waals surface area (Å²) in [4.78, 5) is 31.7. The van der Waals surface area contributed by atoms with Crippen molar-refractivity contribution in [3.8, 4) is 5.75 Å². The number of benzene rings is 1. The fraction of sp³-hybridized carbons (Fsp3) is 0.500. The molecule has 0 saturated carbocycles. The van der Waals surface area contributed by atoms with Gasteiger partial charge >= 0.3 is 5.97 Å². The highest BCUT2D eigenvalue weighted by Gasteiger charge is 2.26. The van der Waals surface area contributed by atoms with Crippen molar-refractivity contribution >= 4 is 34.7 Å². The fourth-order valence-electron chi connectivity index (χ4n) is 2.44. The second-order valence-electron chi connectivity index (χ2n) is 5.90. The van der Waals surface area contributed by atoms with Crippen molar-refractivity contribution in [2.24, 2.45) is 5.92 Å². The van der Waals surface area contributed by atoms with E-state index in [9.17, 15) is 9.59 Å². The largest absolute Gasteiger partial charge is 0.494 e. The summed E-state index contributed by atoms with van der Waals surface area (Å²) in [6.07, 6.45) is 0.763. The van der Waals surface area contributed by atoms with E-state index in [1.54, 1.807) is 0 Å². The first-order chi connectivity index (χ1) is 12.5. The Morgan fingerprint density at radius 1 is 1.35 bits per heavy atom. The Labute approximate surface area is 157 Å². The maximum absolute atomic E-state index is 12.2. The first-order valence-electron chi connectivity index (χ1n) is 8.61. The molecule has 2 aromatic rings. The van der Waals surface area contributed by atoms with Gasteiger partial charge in [-0.3, -0.25) is 4.79 Å². The number of thioether (sulfide) groups is 1. The van der Waals surface area contributed by atoms with Crippen LogP contribution in [0.15, 0.2) is 23.4 Å². The van der Waals surface area contributed by atoms with Crippen molar-refractivity contribution in [3.05, 3.63) is 18.2 Å². The Morgan fingerprint density at radius 3 is 2.77 bits per heavy atom. The molecule has 2 unspecified atom stereocenters. The molecule has 2 atom stereocenters. The van der Waals surface area contributed by atoms with Crippen LogP contribution in [0.3, 0.4) is 0 Å². The van der Waals surface area contributed by atoms with E-state index in [1.807, 2.05) is 39.0 Å². The van der Waals surface area contributed by atoms with Crippen molar-refractivity contribution in [3.63, 3.8) is 0 Å². The van der Waals surface area contributed by atoms with Crippen molar-refractivity contribution in [1.29, 1.82) is 0 Å². The number of aromatic amines is 1. The van der Waals surface area contributed by atoms with Gasteiger partial charge in [0, 0.05) is 6.07 Å². The zero-order chi connectivity index (χ0) is 19.1. The lowest BCUT2D eigenvalue weighted by atomic mass is 9.99. The van der Waals surface area contributed by atoms with E-state index < -0.39 is 12.0 Å². The molecule has 2 N–H and O–H groups in total. The van der Waals surface area contributed by atoms with Crippen molar-refractivity contribution in [2.45, 2.75) is 38.4 Å². The number of nitrogens with one attached hydrogen (secondary N) is 2. The second-order valence-corrected chi connectivity index (χ2v) is 6.86. The third-order valence-electron chi connectivity index (χ3n) is 4.07. The number of rotatable bonds is 9. The zero-order valence-electron chi connectivity index (χ0n) is 15.5. The van der Waals surface area contributed by atoms with Crippen LogP contribution >= 0.6 is 11.8 Å². The summed E-state index contributed by atoms with van der Waals surface area (Å²) in [7, 11) is 1.32. The van der Waals surface area contributed by atoms with Crippen molar-refractivity contribution in [1.82, 2.24) is 15.3 Å². The molecule has 0 aliphatic carbocycles. The minimum absolute atomic E-state index is 0.000382. The van der Waals surface area contributed by atoms with Gasteiger partial charge in [-0.2, -0.15) is 0 Å². The Balaban J connectivity index is 1.97. The molecular weight excluding hydrogens is 354 g/mol. The maximum Gasteiger partial charge on any atom is 0.328 e. The van der Waals surface area contributed by atoms with Crippen LogP contribution in [0.25, 0.3) is 11.0 Å². The van der Waals surface area contributed by atoms with Gasteiger partial charge in [-0.05, 0) is 25.0 Å². The molecule has 1 aromatic heterocycles. The molecule has 0 saturated heterocycles. The number of amides is 1. The van der Waals surface area contributed by atoms with Crippen LogP contribution < -0.4 is 10.1 Å². The average Bonchev–Trinajstić information content (AvgIpc) is 3.05. The van der Waals surface area contributed by atoms with Crippen molar-refractivity contribution in [2.75, 3.05) is 19.5 Å². The van der Waals surface area contributed by atoms with E-state index in [1.165, 1.54) is 18.9 Å². The summed E-state index contributed by atoms with van der Waals surface area (Å²) in [6, 6.07) is 4.98. The maximum atomic E-state index is 12.2. The smallest absolute Gasteiger partial charge is 0.328 e. The standard InChI is InChI=1S/C18H25N3O4S/c1-5-11(3)16(17(23)24-4)21-15(22)10-26-18-19-13-8-7-12(25-6-2)9-14(13)20-18/h7-9,11,16H,5-6,10H2,1-4H3,(H,19,20)(H,21,22). The molecule has 1 heterocycles. The molecule has 7 nitrogen and oxygen atoms in total. The van der Waals surface area contributed by atoms with Gasteiger partial charge in [0.15, 0.2) is 5.16 Å². The number of methoxy groups -OCH3 is 1. The highest BCUT2D eigenvalue weighted by atomic mass is 32.2.